The van der Waals surface area contributed by atoms with Crippen LogP contribution in [0.25, 0.3) is 11.1 Å². The number of aromatic nitrogens is 1. The molecule has 2 rings (SSSR count). The molecule has 3 N–H and O–H groups in total. The Bertz CT molecular complexity index is 568. The third-order valence-corrected chi connectivity index (χ3v) is 3.20. The summed E-state index contributed by atoms with van der Waals surface area (Å²) in [5.74, 6) is -0.770. The summed E-state index contributed by atoms with van der Waals surface area (Å²) in [6.07, 6.45) is -0.834. The molecule has 0 aliphatic rings. The molecule has 1 aromatic carbocycles. The number of hydrogen-bond donors (Lipinski definition) is 3. The molecule has 1 unspecified atom stereocenters. The van der Waals surface area contributed by atoms with Crippen molar-refractivity contribution in [1.29, 1.82) is 0 Å². The van der Waals surface area contributed by atoms with Crippen molar-refractivity contribution in [3.8, 4) is 0 Å². The van der Waals surface area contributed by atoms with Crippen LogP contribution in [0.15, 0.2) is 27.8 Å². The van der Waals surface area contributed by atoms with E-state index in [1.54, 1.807) is 6.07 Å². The van der Waals surface area contributed by atoms with Gasteiger partial charge in [0, 0.05) is 5.75 Å². The lowest BCUT2D eigenvalue weighted by atomic mass is 10.2. The van der Waals surface area contributed by atoms with Crippen LogP contribution in [0, 0.1) is 0 Å². The van der Waals surface area contributed by atoms with E-state index < -0.39 is 12.1 Å². The van der Waals surface area contributed by atoms with Crippen LogP contribution in [0.1, 0.15) is 10.4 Å². The van der Waals surface area contributed by atoms with Gasteiger partial charge in [0.1, 0.15) is 5.52 Å². The molecule has 0 amide bonds. The van der Waals surface area contributed by atoms with Crippen molar-refractivity contribution in [3.63, 3.8) is 0 Å². The molecular formula is C11H11NO5S. The lowest BCUT2D eigenvalue weighted by Crippen LogP contribution is -2.14. The van der Waals surface area contributed by atoms with Crippen molar-refractivity contribution in [2.45, 2.75) is 11.3 Å². The van der Waals surface area contributed by atoms with Crippen molar-refractivity contribution >= 4 is 28.8 Å². The number of benzene rings is 1. The van der Waals surface area contributed by atoms with Crippen LogP contribution in [-0.2, 0) is 0 Å². The standard InChI is InChI=1S/C11H11NO5S/c13-4-7(14)5-18-11-12-8-2-1-6(10(15)16)3-9(8)17-11/h1-3,7,13-14H,4-5H2,(H,15,16). The van der Waals surface area contributed by atoms with Crippen molar-refractivity contribution in [1.82, 2.24) is 4.98 Å². The molecule has 1 atom stereocenters. The van der Waals surface area contributed by atoms with Gasteiger partial charge in [-0.2, -0.15) is 0 Å². The highest BCUT2D eigenvalue weighted by atomic mass is 32.2. The van der Waals surface area contributed by atoms with E-state index >= 15 is 0 Å². The second kappa shape index (κ2) is 5.38. The average Bonchev–Trinajstić information content (AvgIpc) is 2.77. The van der Waals surface area contributed by atoms with Gasteiger partial charge < -0.3 is 19.7 Å². The monoisotopic (exact) mass is 269 g/mol. The zero-order chi connectivity index (χ0) is 13.1. The lowest BCUT2D eigenvalue weighted by Gasteiger charge is -2.02. The summed E-state index contributed by atoms with van der Waals surface area (Å²) in [6, 6.07) is 4.41. The Morgan fingerprint density at radius 2 is 2.28 bits per heavy atom. The van der Waals surface area contributed by atoms with Gasteiger partial charge in [-0.05, 0) is 18.2 Å². The minimum absolute atomic E-state index is 0.130. The summed E-state index contributed by atoms with van der Waals surface area (Å²) in [7, 11) is 0. The number of carboxylic acids is 1. The first-order valence-corrected chi connectivity index (χ1v) is 6.14. The quantitative estimate of drug-likeness (QED) is 0.695. The molecule has 0 saturated heterocycles. The highest BCUT2D eigenvalue weighted by molar-refractivity contribution is 7.99. The Morgan fingerprint density at radius 1 is 1.50 bits per heavy atom. The van der Waals surface area contributed by atoms with Gasteiger partial charge in [-0.15, -0.1) is 0 Å². The van der Waals surface area contributed by atoms with Crippen molar-refractivity contribution in [2.75, 3.05) is 12.4 Å². The number of carbonyl (C=O) groups is 1. The first-order chi connectivity index (χ1) is 8.60. The molecule has 0 aliphatic carbocycles. The van der Waals surface area contributed by atoms with Gasteiger partial charge in [-0.3, -0.25) is 0 Å². The van der Waals surface area contributed by atoms with Crippen LogP contribution in [0.5, 0.6) is 0 Å². The van der Waals surface area contributed by atoms with Crippen molar-refractivity contribution in [3.05, 3.63) is 23.8 Å². The van der Waals surface area contributed by atoms with Gasteiger partial charge in [0.15, 0.2) is 5.58 Å². The SMILES string of the molecule is O=C(O)c1ccc2nc(SCC(O)CO)oc2c1. The average molecular weight is 269 g/mol. The Kier molecular flexibility index (Phi) is 3.85. The third kappa shape index (κ3) is 2.81. The predicted molar refractivity (Wildman–Crippen MR) is 64.8 cm³/mol. The van der Waals surface area contributed by atoms with Gasteiger partial charge in [-0.1, -0.05) is 11.8 Å². The number of carboxylic acid groups (broad SMARTS) is 1. The maximum atomic E-state index is 10.8. The number of thioether (sulfide) groups is 1. The Labute approximate surface area is 106 Å². The number of aromatic carboxylic acids is 1. The predicted octanol–water partition coefficient (Wildman–Crippen LogP) is 0.971. The molecule has 0 saturated carbocycles. The van der Waals surface area contributed by atoms with Crippen LogP contribution < -0.4 is 0 Å². The number of fused-ring (bicyclic) bond motifs is 1. The summed E-state index contributed by atoms with van der Waals surface area (Å²) >= 11 is 1.16. The van der Waals surface area contributed by atoms with Crippen LogP contribution in [-0.4, -0.2) is 44.7 Å². The molecule has 0 fully saturated rings. The molecule has 96 valence electrons. The smallest absolute Gasteiger partial charge is 0.335 e. The molecule has 7 heteroatoms. The number of aliphatic hydroxyl groups is 2. The molecule has 0 bridgehead atoms. The number of hydrogen-bond acceptors (Lipinski definition) is 6. The topological polar surface area (TPSA) is 104 Å². The van der Waals surface area contributed by atoms with Gasteiger partial charge in [0.05, 0.1) is 18.3 Å². The van der Waals surface area contributed by atoms with Gasteiger partial charge in [0.25, 0.3) is 5.22 Å². The third-order valence-electron chi connectivity index (χ3n) is 2.23. The van der Waals surface area contributed by atoms with Crippen molar-refractivity contribution in [2.24, 2.45) is 0 Å². The van der Waals surface area contributed by atoms with Crippen LogP contribution >= 0.6 is 11.8 Å². The molecule has 6 nitrogen and oxygen atoms in total. The summed E-state index contributed by atoms with van der Waals surface area (Å²) in [6.45, 7) is -0.323. The molecule has 1 heterocycles. The Morgan fingerprint density at radius 3 is 2.94 bits per heavy atom. The van der Waals surface area contributed by atoms with Gasteiger partial charge >= 0.3 is 5.97 Å². The summed E-state index contributed by atoms with van der Waals surface area (Å²) < 4.78 is 5.35. The maximum Gasteiger partial charge on any atom is 0.335 e. The Hall–Kier alpha value is -1.57. The van der Waals surface area contributed by atoms with E-state index in [2.05, 4.69) is 4.98 Å². The first-order valence-electron chi connectivity index (χ1n) is 5.15. The zero-order valence-corrected chi connectivity index (χ0v) is 10.1. The number of nitrogens with zero attached hydrogens (tertiary/aromatic N) is 1. The minimum Gasteiger partial charge on any atom is -0.478 e. The van der Waals surface area contributed by atoms with E-state index in [1.165, 1.54) is 12.1 Å². The number of rotatable bonds is 5. The van der Waals surface area contributed by atoms with E-state index in [9.17, 15) is 9.90 Å². The first kappa shape index (κ1) is 12.9. The van der Waals surface area contributed by atoms with E-state index in [0.717, 1.165) is 11.8 Å². The van der Waals surface area contributed by atoms with Gasteiger partial charge in [0.2, 0.25) is 0 Å². The van der Waals surface area contributed by atoms with Crippen LogP contribution in [0.2, 0.25) is 0 Å². The van der Waals surface area contributed by atoms with Crippen LogP contribution in [0.4, 0.5) is 0 Å². The summed E-state index contributed by atoms with van der Waals surface area (Å²) in [5, 5.41) is 27.0. The summed E-state index contributed by atoms with van der Waals surface area (Å²) in [5.41, 5.74) is 1.07. The van der Waals surface area contributed by atoms with E-state index in [0.29, 0.717) is 16.3 Å². The summed E-state index contributed by atoms with van der Waals surface area (Å²) in [4.78, 5) is 14.9. The van der Waals surface area contributed by atoms with Crippen LogP contribution in [0.3, 0.4) is 0 Å². The maximum absolute atomic E-state index is 10.8. The second-order valence-electron chi connectivity index (χ2n) is 3.61. The number of aliphatic hydroxyl groups excluding tert-OH is 2. The highest BCUT2D eigenvalue weighted by Crippen LogP contribution is 2.24. The minimum atomic E-state index is -1.03. The Balaban J connectivity index is 2.19. The largest absolute Gasteiger partial charge is 0.478 e. The molecule has 0 aliphatic heterocycles. The van der Waals surface area contributed by atoms with Gasteiger partial charge in [-0.25, -0.2) is 9.78 Å². The molecular weight excluding hydrogens is 258 g/mol. The van der Waals surface area contributed by atoms with E-state index in [1.807, 2.05) is 0 Å². The molecule has 0 spiro atoms. The highest BCUT2D eigenvalue weighted by Gasteiger charge is 2.11. The number of oxazole rings is 1. The molecule has 18 heavy (non-hydrogen) atoms. The normalized spacial score (nSPS) is 12.8. The fourth-order valence-electron chi connectivity index (χ4n) is 1.32. The molecule has 1 aromatic heterocycles. The lowest BCUT2D eigenvalue weighted by molar-refractivity contribution is 0.0697. The second-order valence-corrected chi connectivity index (χ2v) is 4.59. The zero-order valence-electron chi connectivity index (χ0n) is 9.24. The molecule has 0 radical (unpaired) electrons. The fraction of sp³-hybridized carbons (Fsp3) is 0.273. The van der Waals surface area contributed by atoms with E-state index in [4.69, 9.17) is 14.6 Å². The molecule has 2 aromatic rings. The fourth-order valence-corrected chi connectivity index (χ4v) is 2.07. The van der Waals surface area contributed by atoms with E-state index in [-0.39, 0.29) is 17.9 Å². The van der Waals surface area contributed by atoms with Crippen molar-refractivity contribution < 1.29 is 24.5 Å².